The lowest BCUT2D eigenvalue weighted by Gasteiger charge is -1.94. The normalized spacial score (nSPS) is 11.1. The molecular formula is C13H7BrF2N2. The van der Waals surface area contributed by atoms with E-state index in [2.05, 4.69) is 25.9 Å². The van der Waals surface area contributed by atoms with Gasteiger partial charge in [-0.15, -0.1) is 0 Å². The molecular weight excluding hydrogens is 302 g/mol. The van der Waals surface area contributed by atoms with Crippen molar-refractivity contribution in [2.24, 2.45) is 0 Å². The summed E-state index contributed by atoms with van der Waals surface area (Å²) in [4.78, 5) is 7.37. The van der Waals surface area contributed by atoms with Gasteiger partial charge < -0.3 is 4.98 Å². The van der Waals surface area contributed by atoms with E-state index < -0.39 is 0 Å². The summed E-state index contributed by atoms with van der Waals surface area (Å²) in [5.41, 5.74) is 2.00. The van der Waals surface area contributed by atoms with E-state index in [-0.39, 0.29) is 11.6 Å². The number of rotatable bonds is 1. The minimum Gasteiger partial charge on any atom is -0.338 e. The summed E-state index contributed by atoms with van der Waals surface area (Å²) >= 11 is 3.26. The van der Waals surface area contributed by atoms with Crippen LogP contribution in [0.1, 0.15) is 0 Å². The Hall–Kier alpha value is -1.75. The average Bonchev–Trinajstić information content (AvgIpc) is 2.74. The Morgan fingerprint density at radius 3 is 2.44 bits per heavy atom. The molecule has 1 heterocycles. The van der Waals surface area contributed by atoms with E-state index in [1.54, 1.807) is 12.1 Å². The molecule has 2 aromatic carbocycles. The zero-order valence-corrected chi connectivity index (χ0v) is 10.6. The van der Waals surface area contributed by atoms with Crippen molar-refractivity contribution in [3.05, 3.63) is 52.5 Å². The SMILES string of the molecule is Fc1ccc(-c2nc3c(Br)cc(F)cc3[nH]2)cc1. The molecule has 2 nitrogen and oxygen atoms in total. The molecule has 0 unspecified atom stereocenters. The van der Waals surface area contributed by atoms with Gasteiger partial charge in [-0.1, -0.05) is 0 Å². The number of nitrogens with one attached hydrogen (secondary N) is 1. The summed E-state index contributed by atoms with van der Waals surface area (Å²) in [6.45, 7) is 0. The second kappa shape index (κ2) is 4.17. The second-order valence-electron chi connectivity index (χ2n) is 3.88. The number of aromatic amines is 1. The summed E-state index contributed by atoms with van der Waals surface area (Å²) in [6, 6.07) is 8.70. The van der Waals surface area contributed by atoms with E-state index in [9.17, 15) is 8.78 Å². The van der Waals surface area contributed by atoms with Crippen LogP contribution in [0.3, 0.4) is 0 Å². The van der Waals surface area contributed by atoms with Gasteiger partial charge in [0.05, 0.1) is 5.52 Å². The number of halogens is 3. The topological polar surface area (TPSA) is 28.7 Å². The summed E-state index contributed by atoms with van der Waals surface area (Å²) in [5.74, 6) is -0.0675. The molecule has 0 spiro atoms. The lowest BCUT2D eigenvalue weighted by Crippen LogP contribution is -1.80. The van der Waals surface area contributed by atoms with Gasteiger partial charge in [-0.25, -0.2) is 13.8 Å². The van der Waals surface area contributed by atoms with E-state index >= 15 is 0 Å². The van der Waals surface area contributed by atoms with Crippen LogP contribution in [0.25, 0.3) is 22.4 Å². The fourth-order valence-corrected chi connectivity index (χ4v) is 2.31. The van der Waals surface area contributed by atoms with E-state index in [1.807, 2.05) is 0 Å². The van der Waals surface area contributed by atoms with Crippen molar-refractivity contribution >= 4 is 27.0 Å². The van der Waals surface area contributed by atoms with Crippen LogP contribution in [-0.2, 0) is 0 Å². The van der Waals surface area contributed by atoms with Crippen LogP contribution < -0.4 is 0 Å². The summed E-state index contributed by atoms with van der Waals surface area (Å²) in [6.07, 6.45) is 0. The van der Waals surface area contributed by atoms with Crippen molar-refractivity contribution in [2.45, 2.75) is 0 Å². The largest absolute Gasteiger partial charge is 0.338 e. The first kappa shape index (κ1) is 11.3. The third kappa shape index (κ3) is 1.90. The number of benzene rings is 2. The number of hydrogen-bond donors (Lipinski definition) is 1. The monoisotopic (exact) mass is 308 g/mol. The molecule has 90 valence electrons. The number of aromatic nitrogens is 2. The molecule has 0 aliphatic rings. The summed E-state index contributed by atoms with van der Waals surface area (Å²) in [5, 5.41) is 0. The standard InChI is InChI=1S/C13H7BrF2N2/c14-10-5-9(16)6-11-12(10)18-13(17-11)7-1-3-8(15)4-2-7/h1-6H,(H,17,18). The van der Waals surface area contributed by atoms with Gasteiger partial charge in [0.15, 0.2) is 0 Å². The Morgan fingerprint density at radius 1 is 1.00 bits per heavy atom. The highest BCUT2D eigenvalue weighted by Crippen LogP contribution is 2.27. The lowest BCUT2D eigenvalue weighted by molar-refractivity contribution is 0.628. The van der Waals surface area contributed by atoms with Crippen molar-refractivity contribution in [3.63, 3.8) is 0 Å². The first-order valence-corrected chi connectivity index (χ1v) is 6.03. The number of nitrogens with zero attached hydrogens (tertiary/aromatic N) is 1. The third-order valence-electron chi connectivity index (χ3n) is 2.62. The Labute approximate surface area is 110 Å². The van der Waals surface area contributed by atoms with Crippen LogP contribution in [0.5, 0.6) is 0 Å². The Kier molecular flexibility index (Phi) is 2.63. The van der Waals surface area contributed by atoms with Gasteiger partial charge in [0.25, 0.3) is 0 Å². The fourth-order valence-electron chi connectivity index (χ4n) is 1.79. The van der Waals surface area contributed by atoms with E-state index in [4.69, 9.17) is 0 Å². The maximum atomic E-state index is 13.2. The van der Waals surface area contributed by atoms with Gasteiger partial charge in [0.2, 0.25) is 0 Å². The van der Waals surface area contributed by atoms with Gasteiger partial charge in [0, 0.05) is 10.0 Å². The number of imidazole rings is 1. The van der Waals surface area contributed by atoms with Gasteiger partial charge >= 0.3 is 0 Å². The van der Waals surface area contributed by atoms with Crippen LogP contribution in [0.2, 0.25) is 0 Å². The first-order valence-electron chi connectivity index (χ1n) is 5.24. The molecule has 1 N–H and O–H groups in total. The number of H-pyrrole nitrogens is 1. The minimum absolute atomic E-state index is 0.304. The highest BCUT2D eigenvalue weighted by molar-refractivity contribution is 9.10. The van der Waals surface area contributed by atoms with E-state index in [1.165, 1.54) is 24.3 Å². The van der Waals surface area contributed by atoms with Crippen LogP contribution >= 0.6 is 15.9 Å². The first-order chi connectivity index (χ1) is 8.63. The highest BCUT2D eigenvalue weighted by Gasteiger charge is 2.09. The Morgan fingerprint density at radius 2 is 1.72 bits per heavy atom. The number of hydrogen-bond acceptors (Lipinski definition) is 1. The van der Waals surface area contributed by atoms with Crippen molar-refractivity contribution in [3.8, 4) is 11.4 Å². The molecule has 0 saturated heterocycles. The molecule has 0 aliphatic heterocycles. The van der Waals surface area contributed by atoms with E-state index in [0.717, 1.165) is 5.56 Å². The van der Waals surface area contributed by atoms with E-state index in [0.29, 0.717) is 21.3 Å². The molecule has 0 saturated carbocycles. The molecule has 0 radical (unpaired) electrons. The van der Waals surface area contributed by atoms with Crippen molar-refractivity contribution in [1.29, 1.82) is 0 Å². The quantitative estimate of drug-likeness (QED) is 0.714. The van der Waals surface area contributed by atoms with Crippen LogP contribution in [0.4, 0.5) is 8.78 Å². The zero-order valence-electron chi connectivity index (χ0n) is 9.05. The number of fused-ring (bicyclic) bond motifs is 1. The molecule has 0 bridgehead atoms. The van der Waals surface area contributed by atoms with Gasteiger partial charge in [-0.2, -0.15) is 0 Å². The zero-order chi connectivity index (χ0) is 12.7. The molecule has 0 amide bonds. The van der Waals surface area contributed by atoms with Gasteiger partial charge in [-0.05, 0) is 52.3 Å². The van der Waals surface area contributed by atoms with Crippen molar-refractivity contribution in [2.75, 3.05) is 0 Å². The third-order valence-corrected chi connectivity index (χ3v) is 3.23. The minimum atomic E-state index is -0.344. The van der Waals surface area contributed by atoms with Crippen LogP contribution in [0.15, 0.2) is 40.9 Å². The second-order valence-corrected chi connectivity index (χ2v) is 4.73. The average molecular weight is 309 g/mol. The maximum absolute atomic E-state index is 13.2. The predicted octanol–water partition coefficient (Wildman–Crippen LogP) is 4.27. The predicted molar refractivity (Wildman–Crippen MR) is 69.1 cm³/mol. The van der Waals surface area contributed by atoms with Gasteiger partial charge in [-0.3, -0.25) is 0 Å². The summed E-state index contributed by atoms with van der Waals surface area (Å²) < 4.78 is 26.7. The fraction of sp³-hybridized carbons (Fsp3) is 0. The molecule has 5 heteroatoms. The Bertz CT molecular complexity index is 720. The molecule has 3 rings (SSSR count). The van der Waals surface area contributed by atoms with Crippen molar-refractivity contribution < 1.29 is 8.78 Å². The molecule has 3 aromatic rings. The molecule has 0 atom stereocenters. The highest BCUT2D eigenvalue weighted by atomic mass is 79.9. The van der Waals surface area contributed by atoms with Crippen LogP contribution in [-0.4, -0.2) is 9.97 Å². The van der Waals surface area contributed by atoms with Gasteiger partial charge in [0.1, 0.15) is 23.0 Å². The summed E-state index contributed by atoms with van der Waals surface area (Å²) in [7, 11) is 0. The Balaban J connectivity index is 2.19. The maximum Gasteiger partial charge on any atom is 0.138 e. The smallest absolute Gasteiger partial charge is 0.138 e. The molecule has 1 aromatic heterocycles. The molecule has 0 aliphatic carbocycles. The lowest BCUT2D eigenvalue weighted by atomic mass is 10.2. The molecule has 18 heavy (non-hydrogen) atoms. The molecule has 0 fully saturated rings. The van der Waals surface area contributed by atoms with Crippen LogP contribution in [0, 0.1) is 11.6 Å². The van der Waals surface area contributed by atoms with Crippen molar-refractivity contribution in [1.82, 2.24) is 9.97 Å².